The van der Waals surface area contributed by atoms with Gasteiger partial charge in [-0.15, -0.1) is 0 Å². The van der Waals surface area contributed by atoms with E-state index < -0.39 is 33.1 Å². The molecule has 9 nitrogen and oxygen atoms in total. The van der Waals surface area contributed by atoms with Gasteiger partial charge in [0.25, 0.3) is 0 Å². The van der Waals surface area contributed by atoms with Crippen molar-refractivity contribution in [3.63, 3.8) is 0 Å². The molecule has 3 rings (SSSR count). The summed E-state index contributed by atoms with van der Waals surface area (Å²) in [5.74, 6) is -3.95. The van der Waals surface area contributed by atoms with E-state index in [2.05, 4.69) is 0 Å². The molecule has 43 heavy (non-hydrogen) atoms. The highest BCUT2D eigenvalue weighted by atomic mass is 27.3. The lowest BCUT2D eigenvalue weighted by atomic mass is 10.0. The van der Waals surface area contributed by atoms with Crippen molar-refractivity contribution in [3.8, 4) is 17.2 Å². The van der Waals surface area contributed by atoms with Crippen LogP contribution in [0.4, 0.5) is 0 Å². The Balaban J connectivity index is 1.91. The van der Waals surface area contributed by atoms with E-state index in [-0.39, 0.29) is 33.9 Å². The Morgan fingerprint density at radius 1 is 0.535 bits per heavy atom. The first-order valence-corrected chi connectivity index (χ1v) is 16.2. The number of aromatic hydroxyl groups is 3. The van der Waals surface area contributed by atoms with Gasteiger partial charge in [0.15, 0.2) is 0 Å². The summed E-state index contributed by atoms with van der Waals surface area (Å²) in [6.07, 6.45) is 6.64. The van der Waals surface area contributed by atoms with Gasteiger partial charge in [-0.3, -0.25) is 0 Å². The summed E-state index contributed by atoms with van der Waals surface area (Å²) in [6.45, 7) is 6.01. The molecule has 3 aromatic carbocycles. The van der Waals surface area contributed by atoms with Gasteiger partial charge in [0.2, 0.25) is 0 Å². The van der Waals surface area contributed by atoms with Gasteiger partial charge in [0.1, 0.15) is 17.2 Å². The second-order valence-corrected chi connectivity index (χ2v) is 11.5. The van der Waals surface area contributed by atoms with E-state index in [9.17, 15) is 29.7 Å². The van der Waals surface area contributed by atoms with Crippen molar-refractivity contribution in [2.45, 2.75) is 78.6 Å². The second-order valence-electron chi connectivity index (χ2n) is 10.3. The summed E-state index contributed by atoms with van der Waals surface area (Å²) in [5.41, 5.74) is 1.12. The van der Waals surface area contributed by atoms with E-state index in [4.69, 9.17) is 11.4 Å². The number of rotatable bonds is 15. The van der Waals surface area contributed by atoms with E-state index >= 15 is 0 Å². The highest BCUT2D eigenvalue weighted by Crippen LogP contribution is 2.29. The normalized spacial score (nSPS) is 10.7. The van der Waals surface area contributed by atoms with Crippen LogP contribution in [0, 0.1) is 0 Å². The van der Waals surface area contributed by atoms with E-state index in [1.54, 1.807) is 36.4 Å². The van der Waals surface area contributed by atoms with E-state index in [1.165, 1.54) is 18.2 Å². The Morgan fingerprint density at radius 2 is 0.814 bits per heavy atom. The maximum Gasteiger partial charge on any atom is 1.20 e. The van der Waals surface area contributed by atoms with E-state index in [0.717, 1.165) is 38.5 Å². The van der Waals surface area contributed by atoms with Gasteiger partial charge in [-0.1, -0.05) is 76.4 Å². The molecule has 0 saturated carbocycles. The maximum absolute atomic E-state index is 13.2. The topological polar surface area (TPSA) is 140 Å². The van der Waals surface area contributed by atoms with Crippen LogP contribution in [0.1, 0.15) is 107 Å². The minimum absolute atomic E-state index is 0.174. The standard InChI is InChI=1S/3C11H14O3.Al/c3*1-2-3-5-8-6-4-7-9(10(8)12)11(13)14;/h3*4,6-7,12H,2-3,5H2,1H3,(H,13,14);/q;;;+3/p-3. The first-order valence-electron chi connectivity index (χ1n) is 14.8. The minimum Gasteiger partial charge on any atom is -0.547 e. The molecule has 0 heterocycles. The molecule has 3 N–H and O–H groups in total. The quantitative estimate of drug-likeness (QED) is 0.162. The van der Waals surface area contributed by atoms with Crippen molar-refractivity contribution in [2.75, 3.05) is 0 Å². The van der Waals surface area contributed by atoms with E-state index in [0.29, 0.717) is 36.0 Å². The highest BCUT2D eigenvalue weighted by Gasteiger charge is 2.50. The Labute approximate surface area is 257 Å². The second kappa shape index (κ2) is 16.6. The minimum atomic E-state index is -3.97. The van der Waals surface area contributed by atoms with Crippen LogP contribution in [0.3, 0.4) is 0 Å². The lowest BCUT2D eigenvalue weighted by Gasteiger charge is -2.16. The number of carbonyl (C=O) groups is 3. The van der Waals surface area contributed by atoms with Crippen LogP contribution in [-0.4, -0.2) is 48.4 Å². The average Bonchev–Trinajstić information content (AvgIpc) is 2.99. The zero-order valence-corrected chi connectivity index (χ0v) is 26.1. The third-order valence-electron chi connectivity index (χ3n) is 7.03. The summed E-state index contributed by atoms with van der Waals surface area (Å²) < 4.78 is 16.3. The fraction of sp³-hybridized carbons (Fsp3) is 0.364. The summed E-state index contributed by atoms with van der Waals surface area (Å²) in [4.78, 5) is 39.6. The number of carbonyl (C=O) groups excluding carboxylic acids is 3. The summed E-state index contributed by atoms with van der Waals surface area (Å²) in [5, 5.41) is 32.2. The fourth-order valence-electron chi connectivity index (χ4n) is 4.50. The van der Waals surface area contributed by atoms with Gasteiger partial charge in [-0.05, 0) is 73.4 Å². The van der Waals surface area contributed by atoms with Crippen LogP contribution in [0.5, 0.6) is 17.2 Å². The van der Waals surface area contributed by atoms with Crippen LogP contribution >= 0.6 is 0 Å². The van der Waals surface area contributed by atoms with E-state index in [1.807, 2.05) is 20.8 Å². The Kier molecular flexibility index (Phi) is 12.9. The zero-order chi connectivity index (χ0) is 31.4. The van der Waals surface area contributed by atoms with Crippen LogP contribution < -0.4 is 0 Å². The fourth-order valence-corrected chi connectivity index (χ4v) is 5.55. The lowest BCUT2D eigenvalue weighted by molar-refractivity contribution is 0.0407. The number of phenolic OH excluding ortho intramolecular Hbond substituents is 3. The Hall–Kier alpha value is -4.00. The van der Waals surface area contributed by atoms with Gasteiger partial charge in [-0.2, -0.15) is 0 Å². The van der Waals surface area contributed by atoms with Crippen LogP contribution in [-0.2, 0) is 30.6 Å². The molecular formula is C33H39AlO9. The monoisotopic (exact) mass is 606 g/mol. The average molecular weight is 607 g/mol. The van der Waals surface area contributed by atoms with Crippen molar-refractivity contribution >= 4 is 33.1 Å². The predicted molar refractivity (Wildman–Crippen MR) is 162 cm³/mol. The SMILES string of the molecule is CCCCc1cccc(C(=O)[O][Al]([O]C(=O)c2cccc(CCCC)c2O)[O]C(=O)c2cccc(CCCC)c2O)c1O. The molecule has 0 saturated heterocycles. The first-order chi connectivity index (χ1) is 20.7. The molecule has 0 radical (unpaired) electrons. The first kappa shape index (κ1) is 33.5. The summed E-state index contributed by atoms with van der Waals surface area (Å²) in [7, 11) is 0. The number of hydrogen-bond acceptors (Lipinski definition) is 9. The van der Waals surface area contributed by atoms with Gasteiger partial charge in [0.05, 0.1) is 16.7 Å². The molecule has 0 aromatic heterocycles. The molecule has 0 aliphatic heterocycles. The molecule has 10 heteroatoms. The molecule has 0 spiro atoms. The van der Waals surface area contributed by atoms with Crippen molar-refractivity contribution in [2.24, 2.45) is 0 Å². The number of hydrogen-bond donors (Lipinski definition) is 3. The number of para-hydroxylation sites is 3. The third kappa shape index (κ3) is 8.99. The molecule has 3 aromatic rings. The third-order valence-corrected chi connectivity index (χ3v) is 8.25. The predicted octanol–water partition coefficient (Wildman–Crippen LogP) is 6.69. The largest absolute Gasteiger partial charge is 1.20 e. The van der Waals surface area contributed by atoms with Gasteiger partial charge >= 0.3 is 33.1 Å². The van der Waals surface area contributed by atoms with Crippen molar-refractivity contribution < 1.29 is 41.1 Å². The maximum atomic E-state index is 13.2. The van der Waals surface area contributed by atoms with Crippen LogP contribution in [0.2, 0.25) is 0 Å². The number of phenols is 3. The molecule has 0 aliphatic rings. The molecule has 228 valence electrons. The summed E-state index contributed by atoms with van der Waals surface area (Å²) >= 11 is -3.97. The van der Waals surface area contributed by atoms with Crippen LogP contribution in [0.15, 0.2) is 54.6 Å². The van der Waals surface area contributed by atoms with Gasteiger partial charge < -0.3 is 26.7 Å². The number of benzene rings is 3. The lowest BCUT2D eigenvalue weighted by Crippen LogP contribution is -2.35. The number of unbranched alkanes of at least 4 members (excludes halogenated alkanes) is 3. The molecule has 0 bridgehead atoms. The Bertz CT molecular complexity index is 1250. The van der Waals surface area contributed by atoms with Gasteiger partial charge in [-0.25, -0.2) is 14.4 Å². The molecule has 0 atom stereocenters. The van der Waals surface area contributed by atoms with Crippen LogP contribution in [0.25, 0.3) is 0 Å². The Morgan fingerprint density at radius 3 is 1.07 bits per heavy atom. The molecule has 0 unspecified atom stereocenters. The zero-order valence-electron chi connectivity index (χ0n) is 24.9. The smallest absolute Gasteiger partial charge is 0.547 e. The molecule has 0 aliphatic carbocycles. The molecular weight excluding hydrogens is 567 g/mol. The number of aryl methyl sites for hydroxylation is 3. The summed E-state index contributed by atoms with van der Waals surface area (Å²) in [6, 6.07) is 13.9. The van der Waals surface area contributed by atoms with Gasteiger partial charge in [0, 0.05) is 0 Å². The molecule has 0 fully saturated rings. The highest BCUT2D eigenvalue weighted by molar-refractivity contribution is 6.46. The van der Waals surface area contributed by atoms with Crippen molar-refractivity contribution in [3.05, 3.63) is 88.0 Å². The van der Waals surface area contributed by atoms with Crippen molar-refractivity contribution in [1.29, 1.82) is 0 Å². The van der Waals surface area contributed by atoms with Crippen molar-refractivity contribution in [1.82, 2.24) is 0 Å². The molecule has 0 amide bonds.